The molecule has 2 aliphatic carbocycles. The van der Waals surface area contributed by atoms with Crippen LogP contribution in [-0.2, 0) is 19.1 Å². The van der Waals surface area contributed by atoms with E-state index in [-0.39, 0.29) is 35.4 Å². The van der Waals surface area contributed by atoms with Gasteiger partial charge in [-0.3, -0.25) is 14.4 Å². The molecule has 5 rings (SSSR count). The molecule has 14 nitrogen and oxygen atoms in total. The van der Waals surface area contributed by atoms with E-state index in [0.29, 0.717) is 34.2 Å². The van der Waals surface area contributed by atoms with Crippen molar-refractivity contribution < 1.29 is 33.4 Å². The van der Waals surface area contributed by atoms with Gasteiger partial charge in [0.1, 0.15) is 17.9 Å². The lowest BCUT2D eigenvalue weighted by molar-refractivity contribution is -0.154. The van der Waals surface area contributed by atoms with Crippen LogP contribution in [0.1, 0.15) is 64.4 Å². The van der Waals surface area contributed by atoms with Crippen LogP contribution >= 0.6 is 0 Å². The molecule has 2 heterocycles. The predicted octanol–water partition coefficient (Wildman–Crippen LogP) is 2.04. The molecule has 1 atom stereocenters. The molecule has 14 heteroatoms. The highest BCUT2D eigenvalue weighted by Gasteiger charge is 2.31. The largest absolute Gasteiger partial charge is 0.426 e. The third-order valence-corrected chi connectivity index (χ3v) is 7.04. The Morgan fingerprint density at radius 1 is 1.07 bits per heavy atom. The van der Waals surface area contributed by atoms with Crippen molar-refractivity contribution in [2.24, 2.45) is 0 Å². The molecule has 4 amide bonds. The first-order chi connectivity index (χ1) is 20.2. The van der Waals surface area contributed by atoms with E-state index in [2.05, 4.69) is 26.0 Å². The van der Waals surface area contributed by atoms with Gasteiger partial charge in [-0.1, -0.05) is 6.07 Å². The summed E-state index contributed by atoms with van der Waals surface area (Å²) in [6.45, 7) is 4.14. The average Bonchev–Trinajstić information content (AvgIpc) is 3.90. The second kappa shape index (κ2) is 11.8. The molecular formula is C28H31N7O7. The van der Waals surface area contributed by atoms with Gasteiger partial charge in [0.15, 0.2) is 5.82 Å². The summed E-state index contributed by atoms with van der Waals surface area (Å²) in [6, 6.07) is 4.21. The van der Waals surface area contributed by atoms with Crippen molar-refractivity contribution >= 4 is 47.3 Å². The molecule has 2 fully saturated rings. The number of hydrogen-bond acceptors (Lipinski definition) is 9. The Bertz CT molecular complexity index is 1560. The van der Waals surface area contributed by atoms with E-state index < -0.39 is 24.9 Å². The van der Waals surface area contributed by atoms with Crippen LogP contribution in [-0.4, -0.2) is 69.8 Å². The van der Waals surface area contributed by atoms with E-state index in [4.69, 9.17) is 9.47 Å². The van der Waals surface area contributed by atoms with E-state index in [1.165, 1.54) is 17.8 Å². The third kappa shape index (κ3) is 6.16. The van der Waals surface area contributed by atoms with Crippen molar-refractivity contribution in [3.63, 3.8) is 0 Å². The summed E-state index contributed by atoms with van der Waals surface area (Å²) in [5, 5.41) is 12.4. The van der Waals surface area contributed by atoms with E-state index in [0.717, 1.165) is 30.6 Å². The lowest BCUT2D eigenvalue weighted by Gasteiger charge is -2.24. The first-order valence-corrected chi connectivity index (χ1v) is 13.6. The lowest BCUT2D eigenvalue weighted by Crippen LogP contribution is -2.36. The summed E-state index contributed by atoms with van der Waals surface area (Å²) in [5.41, 5.74) is 2.49. The molecule has 2 saturated carbocycles. The fourth-order valence-corrected chi connectivity index (χ4v) is 4.31. The highest BCUT2D eigenvalue weighted by atomic mass is 16.7. The standard InChI is InChI=1S/C28H31N7O7/c1-15-4-5-18(25(37)32-19-6-7-19)10-22(15)35(28(40)42-14-41-27(39)17(3)30-13-36)24-23-16(2)21(11-34(23)31-12-29-24)26(38)33-20-8-9-20/h4-5,10-13,17,19-20H,6-9,14H2,1-3H3,(H,30,36)(H,32,37)(H,33,38). The molecule has 42 heavy (non-hydrogen) atoms. The zero-order valence-electron chi connectivity index (χ0n) is 23.4. The number of amides is 4. The van der Waals surface area contributed by atoms with E-state index in [1.807, 2.05) is 0 Å². The van der Waals surface area contributed by atoms with Crippen LogP contribution in [0.15, 0.2) is 30.7 Å². The van der Waals surface area contributed by atoms with Crippen molar-refractivity contribution in [2.75, 3.05) is 11.7 Å². The van der Waals surface area contributed by atoms with Crippen LogP contribution in [0.3, 0.4) is 0 Å². The van der Waals surface area contributed by atoms with Crippen molar-refractivity contribution in [1.29, 1.82) is 0 Å². The molecule has 0 bridgehead atoms. The van der Waals surface area contributed by atoms with E-state index in [1.54, 1.807) is 38.2 Å². The van der Waals surface area contributed by atoms with Crippen LogP contribution in [0.4, 0.5) is 16.3 Å². The Balaban J connectivity index is 1.52. The second-order valence-electron chi connectivity index (χ2n) is 10.4. The van der Waals surface area contributed by atoms with Gasteiger partial charge in [0.25, 0.3) is 11.8 Å². The summed E-state index contributed by atoms with van der Waals surface area (Å²) in [4.78, 5) is 67.8. The van der Waals surface area contributed by atoms with Crippen LogP contribution < -0.4 is 20.9 Å². The average molecular weight is 578 g/mol. The predicted molar refractivity (Wildman–Crippen MR) is 148 cm³/mol. The van der Waals surface area contributed by atoms with E-state index >= 15 is 0 Å². The Hall–Kier alpha value is -5.01. The van der Waals surface area contributed by atoms with Gasteiger partial charge in [0.2, 0.25) is 13.2 Å². The number of nitrogens with zero attached hydrogens (tertiary/aromatic N) is 4. The monoisotopic (exact) mass is 577 g/mol. The van der Waals surface area contributed by atoms with Gasteiger partial charge in [0.05, 0.1) is 11.3 Å². The molecule has 0 aliphatic heterocycles. The van der Waals surface area contributed by atoms with Gasteiger partial charge < -0.3 is 25.4 Å². The molecule has 0 saturated heterocycles. The number of aryl methyl sites for hydroxylation is 2. The maximum absolute atomic E-state index is 13.7. The Morgan fingerprint density at radius 2 is 1.76 bits per heavy atom. The van der Waals surface area contributed by atoms with Crippen LogP contribution in [0.2, 0.25) is 0 Å². The number of anilines is 2. The fourth-order valence-electron chi connectivity index (χ4n) is 4.31. The second-order valence-corrected chi connectivity index (χ2v) is 10.4. The Morgan fingerprint density at radius 3 is 2.43 bits per heavy atom. The summed E-state index contributed by atoms with van der Waals surface area (Å²) >= 11 is 0. The molecular weight excluding hydrogens is 546 g/mol. The number of benzene rings is 1. The number of aromatic nitrogens is 3. The number of nitrogens with one attached hydrogen (secondary N) is 3. The summed E-state index contributed by atoms with van der Waals surface area (Å²) in [5.74, 6) is -1.28. The number of fused-ring (bicyclic) bond motifs is 1. The van der Waals surface area contributed by atoms with Crippen molar-refractivity contribution in [3.8, 4) is 0 Å². The highest BCUT2D eigenvalue weighted by Crippen LogP contribution is 2.34. The minimum atomic E-state index is -0.966. The van der Waals surface area contributed by atoms with Gasteiger partial charge in [0, 0.05) is 23.8 Å². The van der Waals surface area contributed by atoms with E-state index in [9.17, 15) is 24.0 Å². The number of carbonyl (C=O) groups is 5. The Labute approximate surface area is 240 Å². The number of carbonyl (C=O) groups excluding carboxylic acids is 5. The summed E-state index contributed by atoms with van der Waals surface area (Å²) in [7, 11) is 0. The molecule has 3 aromatic rings. The van der Waals surface area contributed by atoms with Crippen molar-refractivity contribution in [2.45, 2.75) is 64.6 Å². The molecule has 1 aromatic carbocycles. The molecule has 3 N–H and O–H groups in total. The topological polar surface area (TPSA) is 173 Å². The SMILES string of the molecule is Cc1ccc(C(=O)NC2CC2)cc1N(C(=O)OCOC(=O)C(C)NC=O)c1ncnn2cc(C(=O)NC3CC3)c(C)c12. The zero-order valence-corrected chi connectivity index (χ0v) is 23.4. The quantitative estimate of drug-likeness (QED) is 0.175. The minimum absolute atomic E-state index is 0.0862. The van der Waals surface area contributed by atoms with Gasteiger partial charge in [-0.05, 0) is 69.7 Å². The minimum Gasteiger partial charge on any atom is -0.426 e. The van der Waals surface area contributed by atoms with Crippen LogP contribution in [0.5, 0.6) is 0 Å². The molecule has 0 spiro atoms. The molecule has 220 valence electrons. The molecule has 1 unspecified atom stereocenters. The summed E-state index contributed by atoms with van der Waals surface area (Å²) in [6.07, 6.45) is 5.84. The lowest BCUT2D eigenvalue weighted by atomic mass is 10.1. The van der Waals surface area contributed by atoms with Crippen LogP contribution in [0.25, 0.3) is 5.52 Å². The van der Waals surface area contributed by atoms with Crippen molar-refractivity contribution in [1.82, 2.24) is 30.5 Å². The van der Waals surface area contributed by atoms with Gasteiger partial charge in [-0.15, -0.1) is 0 Å². The first kappa shape index (κ1) is 28.5. The van der Waals surface area contributed by atoms with Crippen LogP contribution in [0, 0.1) is 13.8 Å². The normalized spacial score (nSPS) is 14.9. The molecule has 2 aliphatic rings. The number of ether oxygens (including phenoxy) is 2. The van der Waals surface area contributed by atoms with Crippen molar-refractivity contribution in [3.05, 3.63) is 53.0 Å². The summed E-state index contributed by atoms with van der Waals surface area (Å²) < 4.78 is 11.8. The zero-order chi connectivity index (χ0) is 30.0. The van der Waals surface area contributed by atoms with Gasteiger partial charge in [-0.25, -0.2) is 24.0 Å². The maximum Gasteiger partial charge on any atom is 0.423 e. The van der Waals surface area contributed by atoms with Gasteiger partial charge >= 0.3 is 12.1 Å². The Kier molecular flexibility index (Phi) is 8.04. The molecule has 2 aromatic heterocycles. The fraction of sp³-hybridized carbons (Fsp3) is 0.393. The number of rotatable bonds is 11. The first-order valence-electron chi connectivity index (χ1n) is 13.6. The van der Waals surface area contributed by atoms with Gasteiger partial charge in [-0.2, -0.15) is 5.10 Å². The molecule has 0 radical (unpaired) electrons. The smallest absolute Gasteiger partial charge is 0.423 e. The maximum atomic E-state index is 13.7. The number of hydrogen-bond donors (Lipinski definition) is 3. The highest BCUT2D eigenvalue weighted by molar-refractivity contribution is 6.05. The third-order valence-electron chi connectivity index (χ3n) is 7.04. The number of esters is 1.